The van der Waals surface area contributed by atoms with E-state index in [0.29, 0.717) is 0 Å². The van der Waals surface area contributed by atoms with Gasteiger partial charge in [-0.15, -0.1) is 0 Å². The molecule has 1 heterocycles. The van der Waals surface area contributed by atoms with Gasteiger partial charge in [-0.2, -0.15) is 0 Å². The van der Waals surface area contributed by atoms with Crippen LogP contribution in [0.25, 0.3) is 0 Å². The molecule has 9 heteroatoms. The van der Waals surface area contributed by atoms with Gasteiger partial charge in [0, 0.05) is 34.5 Å². The van der Waals surface area contributed by atoms with Crippen LogP contribution >= 0.6 is 0 Å². The first-order valence-corrected chi connectivity index (χ1v) is 15.5. The van der Waals surface area contributed by atoms with Crippen LogP contribution < -0.4 is 4.98 Å². The summed E-state index contributed by atoms with van der Waals surface area (Å²) in [5.41, 5.74) is 0. The largest absolute Gasteiger partial charge is 0.500 e. The summed E-state index contributed by atoms with van der Waals surface area (Å²) in [5.74, 6) is 0. The van der Waals surface area contributed by atoms with E-state index < -0.39 is 25.7 Å². The zero-order valence-corrected chi connectivity index (χ0v) is 18.3. The summed E-state index contributed by atoms with van der Waals surface area (Å²) in [6.07, 6.45) is 2.22. The average Bonchev–Trinajstić information content (AvgIpc) is 2.97. The highest BCUT2D eigenvalue weighted by Gasteiger charge is 2.49. The third-order valence-electron chi connectivity index (χ3n) is 4.47. The number of rotatable bonds is 10. The first kappa shape index (κ1) is 20.5. The normalized spacial score (nSPS) is 23.5. The van der Waals surface area contributed by atoms with E-state index >= 15 is 0 Å². The molecule has 1 saturated heterocycles. The van der Waals surface area contributed by atoms with Crippen molar-refractivity contribution in [3.8, 4) is 0 Å². The summed E-state index contributed by atoms with van der Waals surface area (Å²) in [6.45, 7) is 9.29. The molecule has 0 amide bonds. The van der Waals surface area contributed by atoms with Crippen LogP contribution in [0.3, 0.4) is 0 Å². The molecule has 1 aliphatic heterocycles. The van der Waals surface area contributed by atoms with Crippen LogP contribution in [0.15, 0.2) is 0 Å². The molecule has 1 rings (SSSR count). The van der Waals surface area contributed by atoms with E-state index in [9.17, 15) is 0 Å². The van der Waals surface area contributed by atoms with E-state index in [1.807, 2.05) is 7.11 Å². The number of hydrogen-bond donors (Lipinski definition) is 1. The molecule has 22 heavy (non-hydrogen) atoms. The van der Waals surface area contributed by atoms with Crippen molar-refractivity contribution in [2.45, 2.75) is 44.6 Å². The highest BCUT2D eigenvalue weighted by molar-refractivity contribution is 6.87. The topological polar surface area (TPSA) is 52.2 Å². The van der Waals surface area contributed by atoms with Crippen LogP contribution in [0.2, 0.25) is 31.7 Å². The minimum absolute atomic E-state index is 0.839. The molecule has 0 bridgehead atoms. The van der Waals surface area contributed by atoms with E-state index in [1.165, 1.54) is 12.5 Å². The smallest absolute Gasteiger partial charge is 0.395 e. The summed E-state index contributed by atoms with van der Waals surface area (Å²) in [5, 5.41) is 0. The van der Waals surface area contributed by atoms with Gasteiger partial charge in [-0.1, -0.05) is 19.6 Å². The van der Waals surface area contributed by atoms with Crippen LogP contribution in [0.5, 0.6) is 0 Å². The Labute approximate surface area is 139 Å². The zero-order valence-electron chi connectivity index (χ0n) is 15.3. The molecule has 1 N–H and O–H groups in total. The van der Waals surface area contributed by atoms with Crippen molar-refractivity contribution in [1.82, 2.24) is 9.21 Å². The van der Waals surface area contributed by atoms with Gasteiger partial charge in [0.25, 0.3) is 0 Å². The van der Waals surface area contributed by atoms with Crippen LogP contribution in [-0.2, 0) is 17.7 Å². The molecule has 0 radical (unpaired) electrons. The lowest BCUT2D eigenvalue weighted by Gasteiger charge is -2.45. The molecule has 0 spiro atoms. The Hall–Kier alpha value is 0.411. The molecule has 1 aliphatic rings. The van der Waals surface area contributed by atoms with E-state index in [1.54, 1.807) is 21.3 Å². The Morgan fingerprint density at radius 2 is 1.64 bits per heavy atom. The monoisotopic (exact) mass is 366 g/mol. The fourth-order valence-electron chi connectivity index (χ4n) is 3.28. The van der Waals surface area contributed by atoms with Gasteiger partial charge in [-0.05, 0) is 32.0 Å². The Bertz CT molecular complexity index is 323. The van der Waals surface area contributed by atoms with Gasteiger partial charge >= 0.3 is 17.4 Å². The molecular weight excluding hydrogens is 332 g/mol. The number of nitrogens with one attached hydrogen (secondary N) is 1. The highest BCUT2D eigenvalue weighted by atomic mass is 28.4. The van der Waals surface area contributed by atoms with E-state index in [4.69, 9.17) is 17.7 Å². The summed E-state index contributed by atoms with van der Waals surface area (Å²) in [4.78, 5) is 3.71. The van der Waals surface area contributed by atoms with Crippen molar-refractivity contribution in [3.05, 3.63) is 0 Å². The zero-order chi connectivity index (χ0) is 16.9. The lowest BCUT2D eigenvalue weighted by Crippen LogP contribution is -2.70. The second-order valence-electron chi connectivity index (χ2n) is 6.74. The van der Waals surface area contributed by atoms with Gasteiger partial charge in [0.2, 0.25) is 0 Å². The average molecular weight is 367 g/mol. The Morgan fingerprint density at radius 3 is 2.00 bits per heavy atom. The van der Waals surface area contributed by atoms with Crippen molar-refractivity contribution in [2.75, 3.05) is 41.5 Å². The quantitative estimate of drug-likeness (QED) is 0.597. The molecular formula is C13H34N2O4Si3. The summed E-state index contributed by atoms with van der Waals surface area (Å²) < 4.78 is 25.3. The highest BCUT2D eigenvalue weighted by Crippen LogP contribution is 2.28. The van der Waals surface area contributed by atoms with Crippen LogP contribution in [0.1, 0.15) is 12.8 Å². The molecule has 0 saturated carbocycles. The summed E-state index contributed by atoms with van der Waals surface area (Å²) >= 11 is 0. The van der Waals surface area contributed by atoms with Crippen molar-refractivity contribution < 1.29 is 17.7 Å². The molecule has 0 aromatic carbocycles. The van der Waals surface area contributed by atoms with Crippen molar-refractivity contribution >= 4 is 25.7 Å². The maximum atomic E-state index is 6.06. The second kappa shape index (κ2) is 8.49. The standard InChI is InChI=1S/C13H34N2O4Si3/c1-16-21(12-8-10-14-21)15(20(5,6)7)11-9-13-22(17-2,18-3)19-4/h14H,8-13H2,1-7H3. The molecule has 0 aromatic heterocycles. The molecule has 1 atom stereocenters. The van der Waals surface area contributed by atoms with Gasteiger partial charge in [0.15, 0.2) is 0 Å². The SMILES string of the molecule is CO[Si](CCCN([Si](C)(C)C)[Si]1(OC)CCCN1)(OC)OC. The summed E-state index contributed by atoms with van der Waals surface area (Å²) in [6, 6.07) is 2.01. The van der Waals surface area contributed by atoms with Crippen molar-refractivity contribution in [2.24, 2.45) is 0 Å². The lowest BCUT2D eigenvalue weighted by atomic mass is 10.5. The van der Waals surface area contributed by atoms with Gasteiger partial charge in [0.1, 0.15) is 8.24 Å². The third kappa shape index (κ3) is 4.71. The molecule has 132 valence electrons. The minimum atomic E-state index is -2.47. The predicted octanol–water partition coefficient (Wildman–Crippen LogP) is 1.97. The Morgan fingerprint density at radius 1 is 1.05 bits per heavy atom. The maximum Gasteiger partial charge on any atom is 0.500 e. The van der Waals surface area contributed by atoms with E-state index in [-0.39, 0.29) is 0 Å². The van der Waals surface area contributed by atoms with Gasteiger partial charge < -0.3 is 26.9 Å². The van der Waals surface area contributed by atoms with Crippen molar-refractivity contribution in [3.63, 3.8) is 0 Å². The van der Waals surface area contributed by atoms with Crippen LogP contribution in [0, 0.1) is 0 Å². The van der Waals surface area contributed by atoms with Crippen LogP contribution in [0.4, 0.5) is 0 Å². The fourth-order valence-corrected chi connectivity index (χ4v) is 13.9. The molecule has 1 unspecified atom stereocenters. The third-order valence-corrected chi connectivity index (χ3v) is 15.9. The lowest BCUT2D eigenvalue weighted by molar-refractivity contribution is 0.122. The molecule has 1 fully saturated rings. The first-order chi connectivity index (χ1) is 10.3. The van der Waals surface area contributed by atoms with Gasteiger partial charge in [-0.25, -0.2) is 0 Å². The predicted molar refractivity (Wildman–Crippen MR) is 96.4 cm³/mol. The molecule has 6 nitrogen and oxygen atoms in total. The van der Waals surface area contributed by atoms with Crippen molar-refractivity contribution in [1.29, 1.82) is 0 Å². The van der Waals surface area contributed by atoms with Crippen LogP contribution in [-0.4, -0.2) is 71.4 Å². The second-order valence-corrected chi connectivity index (χ2v) is 18.5. The first-order valence-electron chi connectivity index (χ1n) is 8.02. The van der Waals surface area contributed by atoms with Gasteiger partial charge in [-0.3, -0.25) is 0 Å². The maximum absolute atomic E-state index is 6.06. The Balaban J connectivity index is 2.75. The van der Waals surface area contributed by atoms with E-state index in [2.05, 4.69) is 28.9 Å². The fraction of sp³-hybridized carbons (Fsp3) is 1.00. The summed E-state index contributed by atoms with van der Waals surface area (Å²) in [7, 11) is 1.01. The number of nitrogens with zero attached hydrogens (tertiary/aromatic N) is 1. The Kier molecular flexibility index (Phi) is 7.89. The number of hydrogen-bond acceptors (Lipinski definition) is 6. The molecule has 0 aliphatic carbocycles. The minimum Gasteiger partial charge on any atom is -0.395 e. The van der Waals surface area contributed by atoms with E-state index in [0.717, 1.165) is 25.6 Å². The molecule has 0 aromatic rings. The van der Waals surface area contributed by atoms with Gasteiger partial charge in [0.05, 0.1) is 0 Å².